The van der Waals surface area contributed by atoms with Crippen LogP contribution < -0.4 is 11.3 Å². The fraction of sp³-hybridized carbons (Fsp3) is 0. The van der Waals surface area contributed by atoms with E-state index >= 15 is 0 Å². The Kier molecular flexibility index (Phi) is 2.74. The highest BCUT2D eigenvalue weighted by atomic mass is 19.1. The summed E-state index contributed by atoms with van der Waals surface area (Å²) in [7, 11) is 0. The van der Waals surface area contributed by atoms with Crippen LogP contribution in [0.3, 0.4) is 0 Å². The lowest BCUT2D eigenvalue weighted by molar-refractivity contribution is 0.602. The number of benzene rings is 1. The summed E-state index contributed by atoms with van der Waals surface area (Å²) in [5.74, 6) is 4.26. The zero-order valence-corrected chi connectivity index (χ0v) is 8.11. The topological polar surface area (TPSA) is 63.8 Å². The second kappa shape index (κ2) is 4.19. The van der Waals surface area contributed by atoms with Gasteiger partial charge in [-0.2, -0.15) is 0 Å². The van der Waals surface area contributed by atoms with E-state index in [9.17, 15) is 8.78 Å². The van der Waals surface area contributed by atoms with E-state index in [1.165, 1.54) is 12.4 Å². The fourth-order valence-corrected chi connectivity index (χ4v) is 1.32. The highest BCUT2D eigenvalue weighted by Crippen LogP contribution is 2.26. The first-order chi connectivity index (χ1) is 7.72. The van der Waals surface area contributed by atoms with Crippen molar-refractivity contribution in [3.05, 3.63) is 42.2 Å². The van der Waals surface area contributed by atoms with Gasteiger partial charge in [0, 0.05) is 18.0 Å². The summed E-state index contributed by atoms with van der Waals surface area (Å²) in [5.41, 5.74) is 2.46. The van der Waals surface area contributed by atoms with Crippen molar-refractivity contribution in [3.8, 4) is 11.3 Å². The van der Waals surface area contributed by atoms with Crippen molar-refractivity contribution in [2.24, 2.45) is 5.84 Å². The summed E-state index contributed by atoms with van der Waals surface area (Å²) < 4.78 is 26.5. The van der Waals surface area contributed by atoms with E-state index in [0.717, 1.165) is 18.2 Å². The van der Waals surface area contributed by atoms with Gasteiger partial charge in [-0.3, -0.25) is 4.98 Å². The number of hydrazine groups is 1. The lowest BCUT2D eigenvalue weighted by atomic mass is 10.1. The van der Waals surface area contributed by atoms with Gasteiger partial charge in [-0.25, -0.2) is 19.6 Å². The Labute approximate surface area is 90.1 Å². The van der Waals surface area contributed by atoms with Crippen molar-refractivity contribution >= 4 is 5.82 Å². The molecule has 0 saturated carbocycles. The molecule has 1 aromatic heterocycles. The molecule has 2 rings (SSSR count). The third kappa shape index (κ3) is 1.82. The molecule has 0 spiro atoms. The molecule has 0 atom stereocenters. The first-order valence-electron chi connectivity index (χ1n) is 4.45. The highest BCUT2D eigenvalue weighted by Gasteiger charge is 2.12. The Bertz CT molecular complexity index is 516. The smallest absolute Gasteiger partial charge is 0.166 e. The van der Waals surface area contributed by atoms with Gasteiger partial charge in [0.25, 0.3) is 0 Å². The summed E-state index contributed by atoms with van der Waals surface area (Å²) in [6, 6.07) is 3.10. The SMILES string of the molecule is NNc1nccnc1-c1cc(F)ccc1F. The van der Waals surface area contributed by atoms with Crippen molar-refractivity contribution < 1.29 is 8.78 Å². The molecule has 0 bridgehead atoms. The van der Waals surface area contributed by atoms with Gasteiger partial charge in [-0.15, -0.1) is 0 Å². The number of hydrogen-bond donors (Lipinski definition) is 2. The van der Waals surface area contributed by atoms with Crippen LogP contribution >= 0.6 is 0 Å². The van der Waals surface area contributed by atoms with E-state index in [1.54, 1.807) is 0 Å². The van der Waals surface area contributed by atoms with Crippen molar-refractivity contribution in [1.82, 2.24) is 9.97 Å². The summed E-state index contributed by atoms with van der Waals surface area (Å²) in [5, 5.41) is 0. The molecular formula is C10H8F2N4. The molecule has 3 N–H and O–H groups in total. The average Bonchev–Trinajstić information content (AvgIpc) is 2.32. The van der Waals surface area contributed by atoms with Crippen LogP contribution in [-0.2, 0) is 0 Å². The van der Waals surface area contributed by atoms with Crippen LogP contribution in [0.25, 0.3) is 11.3 Å². The van der Waals surface area contributed by atoms with E-state index in [0.29, 0.717) is 0 Å². The number of aromatic nitrogens is 2. The minimum Gasteiger partial charge on any atom is -0.307 e. The normalized spacial score (nSPS) is 10.2. The summed E-state index contributed by atoms with van der Waals surface area (Å²) in [6.07, 6.45) is 2.77. The molecule has 0 aliphatic rings. The van der Waals surface area contributed by atoms with Crippen LogP contribution in [0, 0.1) is 11.6 Å². The van der Waals surface area contributed by atoms with Gasteiger partial charge in [0.1, 0.15) is 17.3 Å². The van der Waals surface area contributed by atoms with Gasteiger partial charge in [-0.05, 0) is 18.2 Å². The van der Waals surface area contributed by atoms with Crippen LogP contribution in [0.5, 0.6) is 0 Å². The predicted octanol–water partition coefficient (Wildman–Crippen LogP) is 1.71. The number of hydrogen-bond acceptors (Lipinski definition) is 4. The maximum Gasteiger partial charge on any atom is 0.166 e. The molecule has 0 amide bonds. The van der Waals surface area contributed by atoms with Gasteiger partial charge in [-0.1, -0.05) is 0 Å². The minimum absolute atomic E-state index is 0.0149. The summed E-state index contributed by atoms with van der Waals surface area (Å²) in [4.78, 5) is 7.77. The molecule has 6 heteroatoms. The Morgan fingerprint density at radius 2 is 1.88 bits per heavy atom. The summed E-state index contributed by atoms with van der Waals surface area (Å²) in [6.45, 7) is 0. The molecule has 0 aliphatic heterocycles. The second-order valence-electron chi connectivity index (χ2n) is 3.02. The van der Waals surface area contributed by atoms with E-state index in [2.05, 4.69) is 15.4 Å². The third-order valence-corrected chi connectivity index (χ3v) is 2.02. The first-order valence-corrected chi connectivity index (χ1v) is 4.45. The number of halogens is 2. The lowest BCUT2D eigenvalue weighted by Gasteiger charge is -2.07. The third-order valence-electron chi connectivity index (χ3n) is 2.02. The molecule has 4 nitrogen and oxygen atoms in total. The molecule has 0 unspecified atom stereocenters. The molecular weight excluding hydrogens is 214 g/mol. The number of nitrogen functional groups attached to an aromatic ring is 1. The molecule has 82 valence electrons. The number of rotatable bonds is 2. The molecule has 0 fully saturated rings. The molecule has 0 radical (unpaired) electrons. The quantitative estimate of drug-likeness (QED) is 0.599. The molecule has 1 heterocycles. The Hall–Kier alpha value is -2.08. The Morgan fingerprint density at radius 3 is 2.62 bits per heavy atom. The molecule has 1 aromatic carbocycles. The number of nitrogens with one attached hydrogen (secondary N) is 1. The first kappa shape index (κ1) is 10.4. The monoisotopic (exact) mass is 222 g/mol. The van der Waals surface area contributed by atoms with Gasteiger partial charge >= 0.3 is 0 Å². The average molecular weight is 222 g/mol. The zero-order chi connectivity index (χ0) is 11.5. The van der Waals surface area contributed by atoms with Gasteiger partial charge in [0.05, 0.1) is 0 Å². The van der Waals surface area contributed by atoms with E-state index in [1.807, 2.05) is 0 Å². The lowest BCUT2D eigenvalue weighted by Crippen LogP contribution is -2.10. The number of anilines is 1. The predicted molar refractivity (Wildman–Crippen MR) is 55.2 cm³/mol. The minimum atomic E-state index is -0.585. The molecule has 0 aliphatic carbocycles. The van der Waals surface area contributed by atoms with E-state index in [-0.39, 0.29) is 17.1 Å². The molecule has 16 heavy (non-hydrogen) atoms. The summed E-state index contributed by atoms with van der Waals surface area (Å²) >= 11 is 0. The van der Waals surface area contributed by atoms with Crippen molar-refractivity contribution in [3.63, 3.8) is 0 Å². The van der Waals surface area contributed by atoms with Crippen LogP contribution in [0.1, 0.15) is 0 Å². The van der Waals surface area contributed by atoms with E-state index < -0.39 is 11.6 Å². The maximum absolute atomic E-state index is 13.5. The Balaban J connectivity index is 2.62. The molecule has 0 saturated heterocycles. The van der Waals surface area contributed by atoms with Crippen LogP contribution in [0.15, 0.2) is 30.6 Å². The maximum atomic E-state index is 13.5. The largest absolute Gasteiger partial charge is 0.307 e. The number of nitrogens with two attached hydrogens (primary N) is 1. The van der Waals surface area contributed by atoms with Crippen molar-refractivity contribution in [2.75, 3.05) is 5.43 Å². The van der Waals surface area contributed by atoms with Crippen LogP contribution in [0.4, 0.5) is 14.6 Å². The van der Waals surface area contributed by atoms with E-state index in [4.69, 9.17) is 5.84 Å². The van der Waals surface area contributed by atoms with Crippen molar-refractivity contribution in [2.45, 2.75) is 0 Å². The van der Waals surface area contributed by atoms with Gasteiger partial charge in [0.2, 0.25) is 0 Å². The van der Waals surface area contributed by atoms with Crippen LogP contribution in [-0.4, -0.2) is 9.97 Å². The van der Waals surface area contributed by atoms with Gasteiger partial charge in [0.15, 0.2) is 5.82 Å². The van der Waals surface area contributed by atoms with Crippen LogP contribution in [0.2, 0.25) is 0 Å². The number of nitrogens with zero attached hydrogens (tertiary/aromatic N) is 2. The van der Waals surface area contributed by atoms with Crippen molar-refractivity contribution in [1.29, 1.82) is 0 Å². The highest BCUT2D eigenvalue weighted by molar-refractivity contribution is 5.71. The fourth-order valence-electron chi connectivity index (χ4n) is 1.32. The molecule has 2 aromatic rings. The zero-order valence-electron chi connectivity index (χ0n) is 8.11. The Morgan fingerprint density at radius 1 is 1.12 bits per heavy atom. The van der Waals surface area contributed by atoms with Gasteiger partial charge < -0.3 is 5.43 Å². The second-order valence-corrected chi connectivity index (χ2v) is 3.02. The standard InChI is InChI=1S/C10H8F2N4/c11-6-1-2-8(12)7(5-6)9-10(16-13)15-4-3-14-9/h1-5H,13H2,(H,15,16).